The third-order valence-electron chi connectivity index (χ3n) is 4.33. The number of anilines is 1. The van der Waals surface area contributed by atoms with E-state index in [1.807, 2.05) is 12.1 Å². The van der Waals surface area contributed by atoms with E-state index < -0.39 is 11.5 Å². The van der Waals surface area contributed by atoms with Crippen LogP contribution in [0, 0.1) is 0 Å². The average Bonchev–Trinajstić information content (AvgIpc) is 2.64. The second-order valence-corrected chi connectivity index (χ2v) is 6.06. The van der Waals surface area contributed by atoms with Crippen molar-refractivity contribution in [1.29, 1.82) is 0 Å². The highest BCUT2D eigenvalue weighted by molar-refractivity contribution is 6.50. The van der Waals surface area contributed by atoms with Crippen LogP contribution in [-0.4, -0.2) is 30.8 Å². The summed E-state index contributed by atoms with van der Waals surface area (Å²) in [4.78, 5) is 12.9. The van der Waals surface area contributed by atoms with Crippen LogP contribution >= 0.6 is 11.6 Å². The van der Waals surface area contributed by atoms with E-state index in [-0.39, 0.29) is 17.2 Å². The largest absolute Gasteiger partial charge is 0.507 e. The van der Waals surface area contributed by atoms with Crippen LogP contribution in [0.4, 0.5) is 5.69 Å². The number of carbonyl (C=O) groups is 1. The molecule has 1 atom stereocenters. The maximum atomic E-state index is 12.9. The van der Waals surface area contributed by atoms with E-state index in [1.165, 1.54) is 14.2 Å². The third-order valence-corrected chi connectivity index (χ3v) is 4.70. The second kappa shape index (κ2) is 6.78. The molecule has 3 rings (SSSR count). The average molecular weight is 360 g/mol. The lowest BCUT2D eigenvalue weighted by atomic mass is 9.82. The van der Waals surface area contributed by atoms with Crippen LogP contribution in [0.1, 0.15) is 11.1 Å². The Balaban J connectivity index is 2.05. The molecule has 0 spiro atoms. The summed E-state index contributed by atoms with van der Waals surface area (Å²) in [6, 6.07) is 14.3. The van der Waals surface area contributed by atoms with Crippen molar-refractivity contribution >= 4 is 28.2 Å². The van der Waals surface area contributed by atoms with Gasteiger partial charge in [0.25, 0.3) is 5.91 Å². The van der Waals surface area contributed by atoms with E-state index in [9.17, 15) is 9.90 Å². The summed E-state index contributed by atoms with van der Waals surface area (Å²) >= 11 is 6.38. The molecule has 2 N–H and O–H groups in total. The molecule has 6 heteroatoms. The van der Waals surface area contributed by atoms with Crippen LogP contribution in [0.5, 0.6) is 5.75 Å². The molecular weight excluding hydrogens is 342 g/mol. The SMILES string of the molecule is COc1cccc2c1C(Cl)=C(O)C(OC)(C(=O)Nc1ccccc1)C2. The van der Waals surface area contributed by atoms with E-state index in [0.717, 1.165) is 5.56 Å². The minimum absolute atomic E-state index is 0.0451. The third kappa shape index (κ3) is 2.86. The van der Waals surface area contributed by atoms with Crippen molar-refractivity contribution in [2.75, 3.05) is 19.5 Å². The Labute approximate surface area is 150 Å². The summed E-state index contributed by atoms with van der Waals surface area (Å²) in [5.74, 6) is -0.297. The topological polar surface area (TPSA) is 67.8 Å². The predicted molar refractivity (Wildman–Crippen MR) is 96.9 cm³/mol. The van der Waals surface area contributed by atoms with E-state index in [0.29, 0.717) is 17.0 Å². The summed E-state index contributed by atoms with van der Waals surface area (Å²) in [5, 5.41) is 13.5. The molecule has 1 amide bonds. The highest BCUT2D eigenvalue weighted by atomic mass is 35.5. The quantitative estimate of drug-likeness (QED) is 0.872. The van der Waals surface area contributed by atoms with Gasteiger partial charge in [-0.3, -0.25) is 4.79 Å². The van der Waals surface area contributed by atoms with Gasteiger partial charge in [0.2, 0.25) is 5.60 Å². The number of nitrogens with one attached hydrogen (secondary N) is 1. The normalized spacial score (nSPS) is 19.3. The van der Waals surface area contributed by atoms with Crippen LogP contribution in [0.3, 0.4) is 0 Å². The lowest BCUT2D eigenvalue weighted by Gasteiger charge is -2.35. The van der Waals surface area contributed by atoms with Crippen LogP contribution in [0.15, 0.2) is 54.3 Å². The Kier molecular flexibility index (Phi) is 4.70. The van der Waals surface area contributed by atoms with Gasteiger partial charge in [0.1, 0.15) is 5.75 Å². The van der Waals surface area contributed by atoms with Gasteiger partial charge >= 0.3 is 0 Å². The Morgan fingerprint density at radius 1 is 1.16 bits per heavy atom. The highest BCUT2D eigenvalue weighted by Crippen LogP contribution is 2.44. The van der Waals surface area contributed by atoms with Crippen molar-refractivity contribution in [3.63, 3.8) is 0 Å². The van der Waals surface area contributed by atoms with Gasteiger partial charge in [-0.1, -0.05) is 41.9 Å². The van der Waals surface area contributed by atoms with Gasteiger partial charge in [0.15, 0.2) is 5.76 Å². The zero-order valence-electron chi connectivity index (χ0n) is 13.9. The number of aliphatic hydroxyl groups excluding tert-OH is 1. The number of ether oxygens (including phenoxy) is 2. The Morgan fingerprint density at radius 3 is 2.52 bits per heavy atom. The number of methoxy groups -OCH3 is 2. The molecule has 2 aromatic rings. The maximum Gasteiger partial charge on any atom is 0.264 e. The molecule has 2 aromatic carbocycles. The summed E-state index contributed by atoms with van der Waals surface area (Å²) in [5.41, 5.74) is 0.326. The monoisotopic (exact) mass is 359 g/mol. The standard InChI is InChI=1S/C19H18ClNO4/c1-24-14-10-6-7-12-11-19(25-2,17(22)16(20)15(12)14)18(23)21-13-8-4-3-5-9-13/h3-10,22H,11H2,1-2H3,(H,21,23). The molecule has 25 heavy (non-hydrogen) atoms. The fourth-order valence-electron chi connectivity index (χ4n) is 2.99. The first-order valence-corrected chi connectivity index (χ1v) is 8.08. The first-order valence-electron chi connectivity index (χ1n) is 7.70. The number of halogens is 1. The van der Waals surface area contributed by atoms with Gasteiger partial charge in [-0.25, -0.2) is 0 Å². The molecule has 0 bridgehead atoms. The van der Waals surface area contributed by atoms with Gasteiger partial charge in [0, 0.05) is 24.8 Å². The fraction of sp³-hybridized carbons (Fsp3) is 0.211. The molecule has 0 radical (unpaired) electrons. The van der Waals surface area contributed by atoms with E-state index in [1.54, 1.807) is 36.4 Å². The molecule has 0 saturated carbocycles. The Morgan fingerprint density at radius 2 is 1.88 bits per heavy atom. The fourth-order valence-corrected chi connectivity index (χ4v) is 3.36. The Bertz CT molecular complexity index is 835. The first kappa shape index (κ1) is 17.3. The van der Waals surface area contributed by atoms with Gasteiger partial charge in [0.05, 0.1) is 12.1 Å². The molecule has 0 aliphatic heterocycles. The molecule has 0 fully saturated rings. The number of fused-ring (bicyclic) bond motifs is 1. The van der Waals surface area contributed by atoms with Gasteiger partial charge in [-0.15, -0.1) is 0 Å². The van der Waals surface area contributed by atoms with Crippen LogP contribution in [-0.2, 0) is 16.0 Å². The van der Waals surface area contributed by atoms with Crippen molar-refractivity contribution in [3.8, 4) is 5.75 Å². The molecule has 1 aliphatic carbocycles. The molecule has 130 valence electrons. The van der Waals surface area contributed by atoms with Crippen LogP contribution < -0.4 is 10.1 Å². The molecular formula is C19H18ClNO4. The van der Waals surface area contributed by atoms with Crippen molar-refractivity contribution < 1.29 is 19.4 Å². The van der Waals surface area contributed by atoms with Crippen LogP contribution in [0.2, 0.25) is 0 Å². The molecule has 1 unspecified atom stereocenters. The number of benzene rings is 2. The highest BCUT2D eigenvalue weighted by Gasteiger charge is 2.48. The zero-order chi connectivity index (χ0) is 18.0. The first-order chi connectivity index (χ1) is 12.0. The number of hydrogen-bond acceptors (Lipinski definition) is 4. The molecule has 0 aromatic heterocycles. The minimum Gasteiger partial charge on any atom is -0.507 e. The van der Waals surface area contributed by atoms with Gasteiger partial charge in [-0.05, 0) is 23.8 Å². The summed E-state index contributed by atoms with van der Waals surface area (Å²) < 4.78 is 10.8. The lowest BCUT2D eigenvalue weighted by molar-refractivity contribution is -0.136. The van der Waals surface area contributed by atoms with E-state index in [2.05, 4.69) is 5.32 Å². The number of rotatable bonds is 4. The minimum atomic E-state index is -1.60. The zero-order valence-corrected chi connectivity index (χ0v) is 14.6. The van der Waals surface area contributed by atoms with Crippen molar-refractivity contribution in [2.24, 2.45) is 0 Å². The number of carbonyl (C=O) groups excluding carboxylic acids is 1. The smallest absolute Gasteiger partial charge is 0.264 e. The second-order valence-electron chi connectivity index (χ2n) is 5.69. The van der Waals surface area contributed by atoms with Gasteiger partial charge < -0.3 is 19.9 Å². The van der Waals surface area contributed by atoms with E-state index >= 15 is 0 Å². The van der Waals surface area contributed by atoms with Crippen molar-refractivity contribution in [3.05, 3.63) is 65.4 Å². The summed E-state index contributed by atoms with van der Waals surface area (Å²) in [6.45, 7) is 0. The molecule has 5 nitrogen and oxygen atoms in total. The number of para-hydroxylation sites is 1. The summed E-state index contributed by atoms with van der Waals surface area (Å²) in [7, 11) is 2.90. The number of hydrogen-bond donors (Lipinski definition) is 2. The number of aliphatic hydroxyl groups is 1. The number of amides is 1. The van der Waals surface area contributed by atoms with E-state index in [4.69, 9.17) is 21.1 Å². The molecule has 0 heterocycles. The van der Waals surface area contributed by atoms with Crippen molar-refractivity contribution in [2.45, 2.75) is 12.0 Å². The maximum absolute atomic E-state index is 12.9. The van der Waals surface area contributed by atoms with Crippen molar-refractivity contribution in [1.82, 2.24) is 0 Å². The van der Waals surface area contributed by atoms with Gasteiger partial charge in [-0.2, -0.15) is 0 Å². The van der Waals surface area contributed by atoms with Crippen LogP contribution in [0.25, 0.3) is 5.03 Å². The molecule has 0 saturated heterocycles. The summed E-state index contributed by atoms with van der Waals surface area (Å²) in [6.07, 6.45) is 0.136. The lowest BCUT2D eigenvalue weighted by Crippen LogP contribution is -2.50. The predicted octanol–water partition coefficient (Wildman–Crippen LogP) is 3.74. The Hall–Kier alpha value is -2.50. The molecule has 1 aliphatic rings.